The number of aromatic nitrogens is 1. The number of carbonyl (C=O) groups excluding carboxylic acids is 2. The summed E-state index contributed by atoms with van der Waals surface area (Å²) >= 11 is 0. The number of Topliss-reactive ketones (excluding diaryl/α,β-unsaturated/α-hetero) is 1. The minimum Gasteiger partial charge on any atom is -0.342 e. The molecule has 0 bridgehead atoms. The maximum Gasteiger partial charge on any atom is 0.250 e. The Morgan fingerprint density at radius 3 is 2.58 bits per heavy atom. The zero-order valence-electron chi connectivity index (χ0n) is 14.8. The zero-order valence-corrected chi connectivity index (χ0v) is 14.8. The van der Waals surface area contributed by atoms with Crippen molar-refractivity contribution in [1.82, 2.24) is 9.47 Å². The van der Waals surface area contributed by atoms with E-state index >= 15 is 0 Å². The molecule has 5 nitrogen and oxygen atoms in total. The van der Waals surface area contributed by atoms with E-state index in [0.29, 0.717) is 26.1 Å². The topological polar surface area (TPSA) is 59.4 Å². The fraction of sp³-hybridized carbons (Fsp3) is 0.381. The van der Waals surface area contributed by atoms with Gasteiger partial charge >= 0.3 is 0 Å². The molecule has 5 heteroatoms. The average molecular weight is 352 g/mol. The third-order valence-corrected chi connectivity index (χ3v) is 4.92. The number of pyridine rings is 1. The average Bonchev–Trinajstić information content (AvgIpc) is 2.68. The number of aryl methyl sites for hydroxylation is 1. The van der Waals surface area contributed by atoms with Gasteiger partial charge in [-0.15, -0.1) is 0 Å². The largest absolute Gasteiger partial charge is 0.342 e. The highest BCUT2D eigenvalue weighted by molar-refractivity contribution is 5.84. The van der Waals surface area contributed by atoms with Crippen molar-refractivity contribution < 1.29 is 9.59 Å². The summed E-state index contributed by atoms with van der Waals surface area (Å²) in [5, 5.41) is 0. The predicted octanol–water partition coefficient (Wildman–Crippen LogP) is 2.29. The molecule has 1 aliphatic rings. The number of amides is 1. The molecule has 1 saturated heterocycles. The Morgan fingerprint density at radius 2 is 1.81 bits per heavy atom. The van der Waals surface area contributed by atoms with Crippen LogP contribution in [0.2, 0.25) is 0 Å². The van der Waals surface area contributed by atoms with Crippen molar-refractivity contribution >= 4 is 11.7 Å². The normalized spacial score (nSPS) is 17.1. The van der Waals surface area contributed by atoms with E-state index in [9.17, 15) is 14.4 Å². The number of hydrogen-bond donors (Lipinski definition) is 0. The molecule has 136 valence electrons. The number of carbonyl (C=O) groups is 2. The van der Waals surface area contributed by atoms with Crippen molar-refractivity contribution in [1.29, 1.82) is 0 Å². The van der Waals surface area contributed by atoms with E-state index in [1.54, 1.807) is 27.8 Å². The number of ketones is 1. The molecule has 26 heavy (non-hydrogen) atoms. The summed E-state index contributed by atoms with van der Waals surface area (Å²) in [4.78, 5) is 38.6. The molecular formula is C21H24N2O3. The summed E-state index contributed by atoms with van der Waals surface area (Å²) in [6.07, 6.45) is 4.09. The Labute approximate surface area is 153 Å². The lowest BCUT2D eigenvalue weighted by atomic mass is 9.90. The Hall–Kier alpha value is -2.69. The van der Waals surface area contributed by atoms with Crippen LogP contribution in [0.3, 0.4) is 0 Å². The third kappa shape index (κ3) is 4.69. The van der Waals surface area contributed by atoms with Crippen LogP contribution < -0.4 is 5.56 Å². The van der Waals surface area contributed by atoms with Crippen LogP contribution >= 0.6 is 0 Å². The van der Waals surface area contributed by atoms with Crippen LogP contribution in [0.4, 0.5) is 0 Å². The van der Waals surface area contributed by atoms with Gasteiger partial charge in [-0.2, -0.15) is 0 Å². The molecule has 1 aromatic carbocycles. The molecule has 2 aromatic rings. The Morgan fingerprint density at radius 1 is 1.04 bits per heavy atom. The molecule has 1 fully saturated rings. The van der Waals surface area contributed by atoms with Crippen LogP contribution in [0.1, 0.15) is 24.8 Å². The highest BCUT2D eigenvalue weighted by Gasteiger charge is 2.28. The van der Waals surface area contributed by atoms with E-state index < -0.39 is 0 Å². The first kappa shape index (κ1) is 18.1. The maximum atomic E-state index is 12.6. The van der Waals surface area contributed by atoms with Gasteiger partial charge in [-0.25, -0.2) is 0 Å². The first-order valence-corrected chi connectivity index (χ1v) is 9.13. The second-order valence-electron chi connectivity index (χ2n) is 6.79. The quantitative estimate of drug-likeness (QED) is 0.801. The van der Waals surface area contributed by atoms with Gasteiger partial charge in [0.15, 0.2) is 0 Å². The lowest BCUT2D eigenvalue weighted by Crippen LogP contribution is -2.43. The summed E-state index contributed by atoms with van der Waals surface area (Å²) in [7, 11) is 0. The Kier molecular flexibility index (Phi) is 6.00. The highest BCUT2D eigenvalue weighted by atomic mass is 16.2. The monoisotopic (exact) mass is 352 g/mol. The van der Waals surface area contributed by atoms with Crippen LogP contribution in [-0.2, 0) is 22.6 Å². The lowest BCUT2D eigenvalue weighted by molar-refractivity contribution is -0.135. The molecule has 0 spiro atoms. The number of rotatable bonds is 6. The maximum absolute atomic E-state index is 12.6. The summed E-state index contributed by atoms with van der Waals surface area (Å²) in [5.74, 6) is 0.123. The molecular weight excluding hydrogens is 328 g/mol. The minimum atomic E-state index is -0.102. The first-order chi connectivity index (χ1) is 12.6. The minimum absolute atomic E-state index is 0.0120. The number of nitrogens with zero attached hydrogens (tertiary/aromatic N) is 2. The van der Waals surface area contributed by atoms with E-state index in [1.807, 2.05) is 30.3 Å². The van der Waals surface area contributed by atoms with E-state index in [1.165, 1.54) is 6.07 Å². The van der Waals surface area contributed by atoms with Crippen LogP contribution in [0.5, 0.6) is 0 Å². The van der Waals surface area contributed by atoms with Crippen LogP contribution in [-0.4, -0.2) is 34.2 Å². The van der Waals surface area contributed by atoms with Gasteiger partial charge < -0.3 is 9.47 Å². The molecule has 0 unspecified atom stereocenters. The zero-order chi connectivity index (χ0) is 18.4. The molecule has 1 atom stereocenters. The standard InChI is InChI=1S/C21H24N2O3/c24-19(15-17-7-2-1-3-8-17)18-9-6-13-23(16-18)21(26)11-14-22-12-5-4-10-20(22)25/h1-5,7-8,10,12,18H,6,9,11,13-16H2/t18-/m1/s1. The van der Waals surface area contributed by atoms with Crippen LogP contribution in [0, 0.1) is 5.92 Å². The number of benzene rings is 1. The molecule has 3 rings (SSSR count). The number of piperidine rings is 1. The third-order valence-electron chi connectivity index (χ3n) is 4.92. The number of likely N-dealkylation sites (tertiary alicyclic amines) is 1. The van der Waals surface area contributed by atoms with Gasteiger partial charge in [-0.3, -0.25) is 14.4 Å². The Balaban J connectivity index is 1.54. The molecule has 2 heterocycles. The van der Waals surface area contributed by atoms with Crippen molar-refractivity contribution in [2.45, 2.75) is 32.2 Å². The van der Waals surface area contributed by atoms with Crippen molar-refractivity contribution in [3.8, 4) is 0 Å². The van der Waals surface area contributed by atoms with Crippen molar-refractivity contribution in [3.63, 3.8) is 0 Å². The smallest absolute Gasteiger partial charge is 0.250 e. The van der Waals surface area contributed by atoms with Gasteiger partial charge in [0.2, 0.25) is 5.91 Å². The van der Waals surface area contributed by atoms with Gasteiger partial charge in [-0.05, 0) is 24.5 Å². The summed E-state index contributed by atoms with van der Waals surface area (Å²) in [5.41, 5.74) is 0.916. The van der Waals surface area contributed by atoms with Gasteiger partial charge in [0, 0.05) is 50.7 Å². The van der Waals surface area contributed by atoms with Gasteiger partial charge in [0.25, 0.3) is 5.56 Å². The summed E-state index contributed by atoms with van der Waals surface area (Å²) < 4.78 is 1.54. The molecule has 0 aliphatic carbocycles. The lowest BCUT2D eigenvalue weighted by Gasteiger charge is -2.32. The van der Waals surface area contributed by atoms with Crippen molar-refractivity contribution in [2.24, 2.45) is 5.92 Å². The van der Waals surface area contributed by atoms with Gasteiger partial charge in [0.1, 0.15) is 5.78 Å². The molecule has 1 aromatic heterocycles. The summed E-state index contributed by atoms with van der Waals surface area (Å²) in [6, 6.07) is 14.7. The first-order valence-electron chi connectivity index (χ1n) is 9.13. The van der Waals surface area contributed by atoms with E-state index in [2.05, 4.69) is 0 Å². The Bertz CT molecular complexity index is 813. The van der Waals surface area contributed by atoms with Crippen molar-refractivity contribution in [2.75, 3.05) is 13.1 Å². The van der Waals surface area contributed by atoms with E-state index in [-0.39, 0.29) is 29.6 Å². The van der Waals surface area contributed by atoms with Crippen LogP contribution in [0.15, 0.2) is 59.5 Å². The fourth-order valence-corrected chi connectivity index (χ4v) is 3.43. The van der Waals surface area contributed by atoms with E-state index in [0.717, 1.165) is 18.4 Å². The van der Waals surface area contributed by atoms with Crippen molar-refractivity contribution in [3.05, 3.63) is 70.6 Å². The fourth-order valence-electron chi connectivity index (χ4n) is 3.43. The van der Waals surface area contributed by atoms with Crippen LogP contribution in [0.25, 0.3) is 0 Å². The molecule has 0 saturated carbocycles. The second kappa shape index (κ2) is 8.61. The van der Waals surface area contributed by atoms with Gasteiger partial charge in [-0.1, -0.05) is 36.4 Å². The second-order valence-corrected chi connectivity index (χ2v) is 6.79. The predicted molar refractivity (Wildman–Crippen MR) is 99.8 cm³/mol. The van der Waals surface area contributed by atoms with E-state index in [4.69, 9.17) is 0 Å². The molecule has 1 aliphatic heterocycles. The number of hydrogen-bond acceptors (Lipinski definition) is 3. The molecule has 0 radical (unpaired) electrons. The highest BCUT2D eigenvalue weighted by Crippen LogP contribution is 2.20. The SMILES string of the molecule is O=C(Cc1ccccc1)[C@@H]1CCCN(C(=O)CCn2ccccc2=O)C1. The molecule has 0 N–H and O–H groups in total. The molecule has 1 amide bonds. The summed E-state index contributed by atoms with van der Waals surface area (Å²) in [6.45, 7) is 1.56. The van der Waals surface area contributed by atoms with Gasteiger partial charge in [0.05, 0.1) is 0 Å².